The lowest BCUT2D eigenvalue weighted by atomic mass is 9.98. The first-order valence-corrected chi connectivity index (χ1v) is 9.29. The molecule has 0 aromatic heterocycles. The summed E-state index contributed by atoms with van der Waals surface area (Å²) in [6.07, 6.45) is 3.98. The average Bonchev–Trinajstić information content (AvgIpc) is 2.63. The number of methoxy groups -OCH3 is 1. The van der Waals surface area contributed by atoms with Gasteiger partial charge in [0.05, 0.1) is 7.11 Å². The third kappa shape index (κ3) is 6.61. The van der Waals surface area contributed by atoms with Crippen LogP contribution in [0.3, 0.4) is 0 Å². The van der Waals surface area contributed by atoms with E-state index in [0.29, 0.717) is 6.54 Å². The van der Waals surface area contributed by atoms with Gasteiger partial charge in [0.15, 0.2) is 5.96 Å². The van der Waals surface area contributed by atoms with Crippen LogP contribution in [0.15, 0.2) is 23.2 Å². The molecule has 1 fully saturated rings. The van der Waals surface area contributed by atoms with Crippen molar-refractivity contribution >= 4 is 29.9 Å². The predicted molar refractivity (Wildman–Crippen MR) is 121 cm³/mol. The van der Waals surface area contributed by atoms with Crippen molar-refractivity contribution in [3.8, 4) is 5.75 Å². The van der Waals surface area contributed by atoms with Gasteiger partial charge >= 0.3 is 0 Å². The minimum Gasteiger partial charge on any atom is -0.496 e. The Morgan fingerprint density at radius 1 is 1.19 bits per heavy atom. The van der Waals surface area contributed by atoms with Crippen LogP contribution >= 0.6 is 24.0 Å². The van der Waals surface area contributed by atoms with E-state index in [-0.39, 0.29) is 29.5 Å². The summed E-state index contributed by atoms with van der Waals surface area (Å²) in [6, 6.07) is 6.27. The number of halogens is 1. The number of aryl methyl sites for hydroxylation is 1. The molecule has 148 valence electrons. The summed E-state index contributed by atoms with van der Waals surface area (Å²) in [5.41, 5.74) is 2.46. The van der Waals surface area contributed by atoms with Crippen molar-refractivity contribution in [2.45, 2.75) is 52.1 Å². The number of hydrogen-bond acceptors (Lipinski definition) is 3. The molecule has 0 radical (unpaired) electrons. The number of nitrogens with one attached hydrogen (secondary N) is 2. The van der Waals surface area contributed by atoms with E-state index >= 15 is 0 Å². The fourth-order valence-corrected chi connectivity index (χ4v) is 3.31. The molecule has 0 bridgehead atoms. The highest BCUT2D eigenvalue weighted by molar-refractivity contribution is 14.0. The molecule has 0 aliphatic carbocycles. The second kappa shape index (κ2) is 11.0. The molecule has 0 spiro atoms. The molecule has 0 saturated carbocycles. The quantitative estimate of drug-likeness (QED) is 0.376. The molecular weight excluding hydrogens is 439 g/mol. The van der Waals surface area contributed by atoms with Gasteiger partial charge in [0.2, 0.25) is 0 Å². The molecule has 2 N–H and O–H groups in total. The van der Waals surface area contributed by atoms with Crippen LogP contribution in [0.5, 0.6) is 5.75 Å². The fourth-order valence-electron chi connectivity index (χ4n) is 3.31. The standard InChI is InChI=1S/C20H34N4O.HI/c1-16-9-10-17(18(13-16)25-5)14-22-19(21-4)23-15-20(2,3)24-11-7-6-8-12-24;/h9-10,13H,6-8,11-12,14-15H2,1-5H3,(H2,21,22,23);1H. The van der Waals surface area contributed by atoms with Gasteiger partial charge in [0, 0.05) is 31.2 Å². The van der Waals surface area contributed by atoms with Gasteiger partial charge in [0.25, 0.3) is 0 Å². The normalized spacial score (nSPS) is 16.0. The summed E-state index contributed by atoms with van der Waals surface area (Å²) < 4.78 is 5.48. The number of benzene rings is 1. The van der Waals surface area contributed by atoms with Crippen molar-refractivity contribution in [3.63, 3.8) is 0 Å². The highest BCUT2D eigenvalue weighted by atomic mass is 127. The first-order chi connectivity index (χ1) is 12.0. The predicted octanol–water partition coefficient (Wildman–Crippen LogP) is 3.55. The van der Waals surface area contributed by atoms with Crippen LogP contribution in [0, 0.1) is 6.92 Å². The van der Waals surface area contributed by atoms with Crippen molar-refractivity contribution in [2.24, 2.45) is 4.99 Å². The van der Waals surface area contributed by atoms with Crippen LogP contribution in [0.1, 0.15) is 44.2 Å². The summed E-state index contributed by atoms with van der Waals surface area (Å²) in [7, 11) is 3.53. The average molecular weight is 474 g/mol. The van der Waals surface area contributed by atoms with E-state index in [1.165, 1.54) is 37.9 Å². The topological polar surface area (TPSA) is 48.9 Å². The second-order valence-electron chi connectivity index (χ2n) is 7.45. The molecule has 1 saturated heterocycles. The lowest BCUT2D eigenvalue weighted by Crippen LogP contribution is -2.54. The van der Waals surface area contributed by atoms with Crippen molar-refractivity contribution in [1.82, 2.24) is 15.5 Å². The van der Waals surface area contributed by atoms with Crippen molar-refractivity contribution < 1.29 is 4.74 Å². The summed E-state index contributed by atoms with van der Waals surface area (Å²) >= 11 is 0. The Morgan fingerprint density at radius 2 is 1.88 bits per heavy atom. The van der Waals surface area contributed by atoms with Gasteiger partial charge in [-0.2, -0.15) is 0 Å². The monoisotopic (exact) mass is 474 g/mol. The summed E-state index contributed by atoms with van der Waals surface area (Å²) in [5, 5.41) is 6.88. The lowest BCUT2D eigenvalue weighted by Gasteiger charge is -2.41. The van der Waals surface area contributed by atoms with E-state index in [1.807, 2.05) is 7.05 Å². The van der Waals surface area contributed by atoms with Gasteiger partial charge in [0.1, 0.15) is 5.75 Å². The van der Waals surface area contributed by atoms with Crippen LogP contribution < -0.4 is 15.4 Å². The van der Waals surface area contributed by atoms with E-state index in [9.17, 15) is 0 Å². The zero-order valence-electron chi connectivity index (χ0n) is 16.9. The maximum Gasteiger partial charge on any atom is 0.191 e. The molecule has 1 aliphatic heterocycles. The molecule has 1 aliphatic rings. The number of likely N-dealkylation sites (tertiary alicyclic amines) is 1. The van der Waals surface area contributed by atoms with Crippen molar-refractivity contribution in [1.29, 1.82) is 0 Å². The van der Waals surface area contributed by atoms with Crippen molar-refractivity contribution in [3.05, 3.63) is 29.3 Å². The molecule has 5 nitrogen and oxygen atoms in total. The third-order valence-corrected chi connectivity index (χ3v) is 5.01. The molecule has 26 heavy (non-hydrogen) atoms. The van der Waals surface area contributed by atoms with E-state index in [0.717, 1.165) is 23.8 Å². The van der Waals surface area contributed by atoms with E-state index < -0.39 is 0 Å². The molecule has 0 atom stereocenters. The van der Waals surface area contributed by atoms with Crippen LogP contribution in [0.2, 0.25) is 0 Å². The van der Waals surface area contributed by atoms with Gasteiger partial charge in [-0.1, -0.05) is 18.6 Å². The third-order valence-electron chi connectivity index (χ3n) is 5.01. The highest BCUT2D eigenvalue weighted by Gasteiger charge is 2.27. The zero-order valence-corrected chi connectivity index (χ0v) is 19.2. The number of rotatable bonds is 6. The Morgan fingerprint density at radius 3 is 2.50 bits per heavy atom. The Kier molecular flexibility index (Phi) is 9.71. The Balaban J connectivity index is 0.00000338. The molecular formula is C20H35IN4O. The second-order valence-corrected chi connectivity index (χ2v) is 7.45. The summed E-state index contributed by atoms with van der Waals surface area (Å²) in [4.78, 5) is 6.94. The molecule has 2 rings (SSSR count). The van der Waals surface area contributed by atoms with Crippen molar-refractivity contribution in [2.75, 3.05) is 33.8 Å². The molecule has 1 aromatic carbocycles. The van der Waals surface area contributed by atoms with Crippen LogP contribution in [-0.4, -0.2) is 50.2 Å². The lowest BCUT2D eigenvalue weighted by molar-refractivity contribution is 0.0982. The van der Waals surface area contributed by atoms with Gasteiger partial charge in [-0.05, 0) is 58.3 Å². The highest BCUT2D eigenvalue weighted by Crippen LogP contribution is 2.20. The number of guanidine groups is 1. The van der Waals surface area contributed by atoms with Crippen LogP contribution in [-0.2, 0) is 6.54 Å². The first-order valence-electron chi connectivity index (χ1n) is 9.29. The van der Waals surface area contributed by atoms with Gasteiger partial charge in [-0.15, -0.1) is 24.0 Å². The zero-order chi connectivity index (χ0) is 18.3. The minimum atomic E-state index is 0. The Labute approximate surface area is 176 Å². The Hall–Kier alpha value is -1.02. The maximum atomic E-state index is 5.48. The summed E-state index contributed by atoms with van der Waals surface area (Å²) in [5.74, 6) is 1.74. The Bertz CT molecular complexity index is 583. The smallest absolute Gasteiger partial charge is 0.191 e. The van der Waals surface area contributed by atoms with Gasteiger partial charge in [-0.25, -0.2) is 0 Å². The molecule has 1 aromatic rings. The maximum absolute atomic E-state index is 5.48. The van der Waals surface area contributed by atoms with Gasteiger partial charge in [-0.3, -0.25) is 9.89 Å². The summed E-state index contributed by atoms with van der Waals surface area (Å²) in [6.45, 7) is 10.6. The minimum absolute atomic E-state index is 0. The van der Waals surface area contributed by atoms with E-state index in [4.69, 9.17) is 4.74 Å². The van der Waals surface area contributed by atoms with Crippen LogP contribution in [0.4, 0.5) is 0 Å². The van der Waals surface area contributed by atoms with Crippen LogP contribution in [0.25, 0.3) is 0 Å². The molecule has 1 heterocycles. The van der Waals surface area contributed by atoms with E-state index in [1.54, 1.807) is 7.11 Å². The molecule has 0 unspecified atom stereocenters. The SMILES string of the molecule is CN=C(NCc1ccc(C)cc1OC)NCC(C)(C)N1CCCCC1.I. The fraction of sp³-hybridized carbons (Fsp3) is 0.650. The number of piperidine rings is 1. The van der Waals surface area contributed by atoms with E-state index in [2.05, 4.69) is 59.5 Å². The molecule has 6 heteroatoms. The number of nitrogens with zero attached hydrogens (tertiary/aromatic N) is 2. The largest absolute Gasteiger partial charge is 0.496 e. The first kappa shape index (κ1) is 23.0. The number of aliphatic imine (C=N–C) groups is 1. The molecule has 0 amide bonds. The van der Waals surface area contributed by atoms with Gasteiger partial charge < -0.3 is 15.4 Å². The number of ether oxygens (including phenoxy) is 1. The number of hydrogen-bond donors (Lipinski definition) is 2.